The van der Waals surface area contributed by atoms with Crippen LogP contribution in [0, 0.1) is 0 Å². The molecule has 0 aromatic rings. The number of unbranched alkanes of at least 4 members (excludes halogenated alkanes) is 1. The van der Waals surface area contributed by atoms with Gasteiger partial charge in [-0.3, -0.25) is 20.2 Å². The number of hydrogen-bond acceptors (Lipinski definition) is 7. The second-order valence-electron chi connectivity index (χ2n) is 4.10. The molecule has 110 valence electrons. The fraction of sp³-hybridized carbons (Fsp3) is 0.800. The first-order valence-electron chi connectivity index (χ1n) is 5.99. The van der Waals surface area contributed by atoms with Crippen LogP contribution in [0.25, 0.3) is 0 Å². The maximum Gasteiger partial charge on any atom is 0.410 e. The van der Waals surface area contributed by atoms with Gasteiger partial charge in [0.25, 0.3) is 0 Å². The van der Waals surface area contributed by atoms with Crippen LogP contribution in [0.15, 0.2) is 0 Å². The lowest BCUT2D eigenvalue weighted by molar-refractivity contribution is -0.492. The highest BCUT2D eigenvalue weighted by atomic mass is 17.1. The number of aliphatic carboxylic acids is 1. The van der Waals surface area contributed by atoms with Crippen molar-refractivity contribution in [1.82, 2.24) is 10.3 Å². The number of carboxylic acids is 1. The van der Waals surface area contributed by atoms with E-state index in [0.29, 0.717) is 32.2 Å². The van der Waals surface area contributed by atoms with Crippen LogP contribution in [-0.4, -0.2) is 63.7 Å². The molecule has 1 rings (SSSR count). The average molecular weight is 278 g/mol. The molecule has 3 N–H and O–H groups in total. The van der Waals surface area contributed by atoms with E-state index in [-0.39, 0.29) is 18.6 Å². The molecule has 19 heavy (non-hydrogen) atoms. The Kier molecular flexibility index (Phi) is 6.50. The minimum Gasteiger partial charge on any atom is -0.480 e. The van der Waals surface area contributed by atoms with Gasteiger partial charge in [0.2, 0.25) is 0 Å². The van der Waals surface area contributed by atoms with E-state index >= 15 is 0 Å². The van der Waals surface area contributed by atoms with E-state index in [0.717, 1.165) is 0 Å². The molecule has 0 aromatic heterocycles. The summed E-state index contributed by atoms with van der Waals surface area (Å²) in [5.74, 6) is -1.02. The van der Waals surface area contributed by atoms with Gasteiger partial charge in [-0.05, 0) is 25.7 Å². The number of amides is 1. The lowest BCUT2D eigenvalue weighted by Gasteiger charge is -2.20. The third-order valence-corrected chi connectivity index (χ3v) is 2.74. The zero-order chi connectivity index (χ0) is 14.3. The van der Waals surface area contributed by atoms with Gasteiger partial charge < -0.3 is 9.84 Å². The second-order valence-corrected chi connectivity index (χ2v) is 4.10. The molecule has 0 spiro atoms. The second kappa shape index (κ2) is 7.89. The largest absolute Gasteiger partial charge is 0.480 e. The monoisotopic (exact) mass is 278 g/mol. The summed E-state index contributed by atoms with van der Waals surface area (Å²) in [6.45, 7) is 0.594. The summed E-state index contributed by atoms with van der Waals surface area (Å²) in [4.78, 5) is 28.0. The minimum atomic E-state index is -1.02. The standard InChI is InChI=1S/C10H18N2O7/c13-9(14)8-4-3-5-11(8)10(15)18-6-1-2-7-19-12(16)17/h8,16-17H,1-7H2,(H,13,14). The molecule has 0 radical (unpaired) electrons. The van der Waals surface area contributed by atoms with E-state index < -0.39 is 18.1 Å². The number of rotatable bonds is 7. The number of ether oxygens (including phenoxy) is 1. The van der Waals surface area contributed by atoms with Crippen LogP contribution in [0.5, 0.6) is 0 Å². The van der Waals surface area contributed by atoms with Crippen molar-refractivity contribution in [3.8, 4) is 0 Å². The van der Waals surface area contributed by atoms with Crippen LogP contribution in [0.4, 0.5) is 4.79 Å². The quantitative estimate of drug-likeness (QED) is 0.454. The fourth-order valence-electron chi connectivity index (χ4n) is 1.83. The number of hydrogen-bond donors (Lipinski definition) is 3. The van der Waals surface area contributed by atoms with Crippen LogP contribution in [-0.2, 0) is 14.4 Å². The fourth-order valence-corrected chi connectivity index (χ4v) is 1.83. The molecule has 9 nitrogen and oxygen atoms in total. The molecular weight excluding hydrogens is 260 g/mol. The van der Waals surface area contributed by atoms with E-state index in [9.17, 15) is 9.59 Å². The van der Waals surface area contributed by atoms with Crippen LogP contribution in [0.3, 0.4) is 0 Å². The number of carbonyl (C=O) groups excluding carboxylic acids is 1. The van der Waals surface area contributed by atoms with Gasteiger partial charge in [0, 0.05) is 6.54 Å². The number of likely N-dealkylation sites (tertiary alicyclic amines) is 1. The highest BCUT2D eigenvalue weighted by Gasteiger charge is 2.34. The van der Waals surface area contributed by atoms with E-state index in [1.807, 2.05) is 0 Å². The maximum absolute atomic E-state index is 11.6. The van der Waals surface area contributed by atoms with Crippen LogP contribution in [0.1, 0.15) is 25.7 Å². The molecule has 1 amide bonds. The first-order valence-corrected chi connectivity index (χ1v) is 5.99. The lowest BCUT2D eigenvalue weighted by Crippen LogP contribution is -2.40. The van der Waals surface area contributed by atoms with Gasteiger partial charge in [0.05, 0.1) is 18.6 Å². The summed E-state index contributed by atoms with van der Waals surface area (Å²) >= 11 is 0. The van der Waals surface area contributed by atoms with Crippen molar-refractivity contribution in [2.45, 2.75) is 31.7 Å². The third-order valence-electron chi connectivity index (χ3n) is 2.74. The normalized spacial score (nSPS) is 18.9. The molecule has 0 aliphatic carbocycles. The first-order chi connectivity index (χ1) is 9.02. The molecule has 9 heteroatoms. The summed E-state index contributed by atoms with van der Waals surface area (Å²) in [5, 5.41) is 25.0. The Morgan fingerprint density at radius 2 is 1.95 bits per heavy atom. The molecule has 0 bridgehead atoms. The van der Waals surface area contributed by atoms with Gasteiger partial charge in [-0.15, -0.1) is 0 Å². The van der Waals surface area contributed by atoms with E-state index in [1.54, 1.807) is 0 Å². The van der Waals surface area contributed by atoms with Gasteiger partial charge in [-0.2, -0.15) is 0 Å². The minimum absolute atomic E-state index is 0.0754. The maximum atomic E-state index is 11.6. The molecule has 1 fully saturated rings. The third kappa shape index (κ3) is 5.39. The van der Waals surface area contributed by atoms with E-state index in [4.69, 9.17) is 20.3 Å². The van der Waals surface area contributed by atoms with Crippen LogP contribution >= 0.6 is 0 Å². The molecule has 1 aliphatic heterocycles. The topological polar surface area (TPSA) is 120 Å². The summed E-state index contributed by atoms with van der Waals surface area (Å²) in [7, 11) is 0. The Hall–Kier alpha value is -1.42. The van der Waals surface area contributed by atoms with Gasteiger partial charge in [0.15, 0.2) is 0 Å². The Bertz CT molecular complexity index is 310. The zero-order valence-corrected chi connectivity index (χ0v) is 10.4. The molecule has 1 saturated heterocycles. The lowest BCUT2D eigenvalue weighted by atomic mass is 10.2. The summed E-state index contributed by atoms with van der Waals surface area (Å²) in [6, 6.07) is -0.798. The van der Waals surface area contributed by atoms with Crippen LogP contribution < -0.4 is 0 Å². The average Bonchev–Trinajstić information content (AvgIpc) is 2.82. The van der Waals surface area contributed by atoms with Gasteiger partial charge >= 0.3 is 12.1 Å². The predicted octanol–water partition coefficient (Wildman–Crippen LogP) is 0.464. The van der Waals surface area contributed by atoms with Gasteiger partial charge in [-0.1, -0.05) is 0 Å². The first kappa shape index (κ1) is 15.6. The highest BCUT2D eigenvalue weighted by molar-refractivity contribution is 5.80. The number of carboxylic acid groups (broad SMARTS) is 1. The zero-order valence-electron chi connectivity index (χ0n) is 10.4. The van der Waals surface area contributed by atoms with E-state index in [2.05, 4.69) is 4.84 Å². The SMILES string of the molecule is O=C(O)C1CCCN1C(=O)OCCCCON(O)O. The number of nitrogens with zero attached hydrogens (tertiary/aromatic N) is 2. The molecular formula is C10H18N2O7. The highest BCUT2D eigenvalue weighted by Crippen LogP contribution is 2.18. The molecule has 1 unspecified atom stereocenters. The summed E-state index contributed by atoms with van der Waals surface area (Å²) < 4.78 is 4.94. The van der Waals surface area contributed by atoms with Crippen molar-refractivity contribution in [2.24, 2.45) is 0 Å². The molecule has 1 atom stereocenters. The summed E-state index contributed by atoms with van der Waals surface area (Å²) in [6.07, 6.45) is 1.42. The molecule has 1 heterocycles. The number of carbonyl (C=O) groups is 2. The molecule has 1 aliphatic rings. The predicted molar refractivity (Wildman–Crippen MR) is 59.3 cm³/mol. The molecule has 0 saturated carbocycles. The van der Waals surface area contributed by atoms with E-state index in [1.165, 1.54) is 4.90 Å². The van der Waals surface area contributed by atoms with Crippen molar-refractivity contribution >= 4 is 12.1 Å². The Balaban J connectivity index is 2.15. The van der Waals surface area contributed by atoms with Crippen LogP contribution in [0.2, 0.25) is 0 Å². The van der Waals surface area contributed by atoms with Crippen molar-refractivity contribution in [3.05, 3.63) is 0 Å². The summed E-state index contributed by atoms with van der Waals surface area (Å²) in [5.41, 5.74) is 0. The smallest absolute Gasteiger partial charge is 0.410 e. The Morgan fingerprint density at radius 3 is 2.58 bits per heavy atom. The van der Waals surface area contributed by atoms with Gasteiger partial charge in [0.1, 0.15) is 6.04 Å². The van der Waals surface area contributed by atoms with Crippen molar-refractivity contribution in [2.75, 3.05) is 19.8 Å². The Labute approximate surface area is 109 Å². The Morgan fingerprint density at radius 1 is 1.26 bits per heavy atom. The van der Waals surface area contributed by atoms with Crippen molar-refractivity contribution in [1.29, 1.82) is 0 Å². The van der Waals surface area contributed by atoms with Gasteiger partial charge in [-0.25, -0.2) is 9.59 Å². The molecule has 0 aromatic carbocycles. The van der Waals surface area contributed by atoms with Crippen molar-refractivity contribution < 1.29 is 34.7 Å². The van der Waals surface area contributed by atoms with Crippen molar-refractivity contribution in [3.63, 3.8) is 0 Å².